The highest BCUT2D eigenvalue weighted by Crippen LogP contribution is 2.41. The fourth-order valence-electron chi connectivity index (χ4n) is 3.35. The van der Waals surface area contributed by atoms with Gasteiger partial charge in [0.15, 0.2) is 6.73 Å². The van der Waals surface area contributed by atoms with Gasteiger partial charge in [-0.3, -0.25) is 9.55 Å². The van der Waals surface area contributed by atoms with Gasteiger partial charge in [0.1, 0.15) is 16.2 Å². The van der Waals surface area contributed by atoms with Gasteiger partial charge in [-0.1, -0.05) is 19.3 Å². The average molecular weight is 334 g/mol. The minimum atomic E-state index is 0.552. The van der Waals surface area contributed by atoms with E-state index in [0.717, 1.165) is 21.7 Å². The first kappa shape index (κ1) is 12.4. The van der Waals surface area contributed by atoms with Crippen LogP contribution in [-0.2, 0) is 6.73 Å². The van der Waals surface area contributed by atoms with Gasteiger partial charge in [0.25, 0.3) is 0 Å². The van der Waals surface area contributed by atoms with Crippen LogP contribution in [0.3, 0.4) is 0 Å². The number of hydrogen-bond donors (Lipinski definition) is 0. The van der Waals surface area contributed by atoms with Crippen molar-refractivity contribution in [2.75, 3.05) is 0 Å². The molecular formula is C15H16BrN3O. The molecular weight excluding hydrogens is 318 g/mol. The zero-order valence-electron chi connectivity index (χ0n) is 11.2. The molecule has 1 aliphatic heterocycles. The van der Waals surface area contributed by atoms with Crippen molar-refractivity contribution in [1.29, 1.82) is 0 Å². The average Bonchev–Trinajstić information content (AvgIpc) is 2.84. The summed E-state index contributed by atoms with van der Waals surface area (Å²) in [5.74, 6) is 2.45. The second kappa shape index (κ2) is 4.88. The molecule has 2 aliphatic rings. The molecule has 4 nitrogen and oxygen atoms in total. The molecule has 0 amide bonds. The van der Waals surface area contributed by atoms with Crippen LogP contribution in [0, 0.1) is 0 Å². The number of pyridine rings is 1. The number of fused-ring (bicyclic) bond motifs is 3. The van der Waals surface area contributed by atoms with Crippen molar-refractivity contribution in [3.8, 4) is 17.1 Å². The van der Waals surface area contributed by atoms with Crippen LogP contribution in [0.15, 0.2) is 23.1 Å². The lowest BCUT2D eigenvalue weighted by atomic mass is 9.87. The van der Waals surface area contributed by atoms with E-state index in [1.54, 1.807) is 6.20 Å². The maximum atomic E-state index is 5.86. The Kier molecular flexibility index (Phi) is 3.02. The summed E-state index contributed by atoms with van der Waals surface area (Å²) < 4.78 is 9.04. The molecule has 1 saturated carbocycles. The van der Waals surface area contributed by atoms with E-state index in [2.05, 4.69) is 25.5 Å². The van der Waals surface area contributed by atoms with Gasteiger partial charge >= 0.3 is 0 Å². The summed E-state index contributed by atoms with van der Waals surface area (Å²) in [5, 5.41) is 0. The maximum absolute atomic E-state index is 5.86. The molecule has 0 aromatic carbocycles. The largest absolute Gasteiger partial charge is 0.472 e. The van der Waals surface area contributed by atoms with Crippen LogP contribution < -0.4 is 4.74 Å². The van der Waals surface area contributed by atoms with Crippen LogP contribution in [0.4, 0.5) is 0 Å². The lowest BCUT2D eigenvalue weighted by Gasteiger charge is -2.26. The normalized spacial score (nSPS) is 18.2. The zero-order valence-corrected chi connectivity index (χ0v) is 12.8. The minimum Gasteiger partial charge on any atom is -0.472 e. The van der Waals surface area contributed by atoms with E-state index in [1.807, 2.05) is 12.3 Å². The zero-order chi connectivity index (χ0) is 13.5. The Morgan fingerprint density at radius 2 is 2.10 bits per heavy atom. The fraction of sp³-hybridized carbons (Fsp3) is 0.467. The van der Waals surface area contributed by atoms with Gasteiger partial charge in [0.2, 0.25) is 0 Å². The van der Waals surface area contributed by atoms with Crippen molar-refractivity contribution in [2.45, 2.75) is 44.8 Å². The lowest BCUT2D eigenvalue weighted by Crippen LogP contribution is -2.18. The molecule has 0 bridgehead atoms. The van der Waals surface area contributed by atoms with Crippen LogP contribution in [0.1, 0.15) is 43.7 Å². The molecule has 0 radical (unpaired) electrons. The molecule has 2 aromatic rings. The third-order valence-electron chi connectivity index (χ3n) is 4.32. The lowest BCUT2D eigenvalue weighted by molar-refractivity contribution is 0.221. The quantitative estimate of drug-likeness (QED) is 0.788. The van der Waals surface area contributed by atoms with Gasteiger partial charge in [0, 0.05) is 18.3 Å². The molecule has 1 fully saturated rings. The van der Waals surface area contributed by atoms with E-state index in [4.69, 9.17) is 9.72 Å². The van der Waals surface area contributed by atoms with E-state index >= 15 is 0 Å². The summed E-state index contributed by atoms with van der Waals surface area (Å²) in [5.41, 5.74) is 2.29. The number of nitrogens with zero attached hydrogens (tertiary/aromatic N) is 3. The molecule has 5 heteroatoms. The molecule has 0 atom stereocenters. The SMILES string of the molecule is Brc1nc2n(c1C1CCCCC1)COc1ccncc1-2. The number of halogens is 1. The Labute approximate surface area is 126 Å². The minimum absolute atomic E-state index is 0.552. The van der Waals surface area contributed by atoms with Crippen LogP contribution in [0.5, 0.6) is 5.75 Å². The Bertz CT molecular complexity index is 647. The molecule has 0 spiro atoms. The summed E-state index contributed by atoms with van der Waals surface area (Å²) in [6.07, 6.45) is 10.1. The smallest absolute Gasteiger partial charge is 0.166 e. The van der Waals surface area contributed by atoms with Gasteiger partial charge in [0.05, 0.1) is 11.3 Å². The second-order valence-electron chi connectivity index (χ2n) is 5.52. The Morgan fingerprint density at radius 3 is 2.95 bits per heavy atom. The van der Waals surface area contributed by atoms with E-state index in [9.17, 15) is 0 Å². The monoisotopic (exact) mass is 333 g/mol. The van der Waals surface area contributed by atoms with Gasteiger partial charge in [-0.25, -0.2) is 4.98 Å². The summed E-state index contributed by atoms with van der Waals surface area (Å²) in [6.45, 7) is 0.552. The van der Waals surface area contributed by atoms with E-state index < -0.39 is 0 Å². The topological polar surface area (TPSA) is 39.9 Å². The van der Waals surface area contributed by atoms with Crippen molar-refractivity contribution < 1.29 is 4.74 Å². The van der Waals surface area contributed by atoms with Crippen molar-refractivity contribution in [2.24, 2.45) is 0 Å². The Balaban J connectivity index is 1.82. The van der Waals surface area contributed by atoms with Gasteiger partial charge in [-0.05, 0) is 34.8 Å². The number of aromatic nitrogens is 3. The highest BCUT2D eigenvalue weighted by Gasteiger charge is 2.29. The third-order valence-corrected chi connectivity index (χ3v) is 4.91. The van der Waals surface area contributed by atoms with Crippen molar-refractivity contribution >= 4 is 15.9 Å². The fourth-order valence-corrected chi connectivity index (χ4v) is 4.05. The molecule has 20 heavy (non-hydrogen) atoms. The summed E-state index contributed by atoms with van der Waals surface area (Å²) in [7, 11) is 0. The summed E-state index contributed by atoms with van der Waals surface area (Å²) >= 11 is 3.66. The van der Waals surface area contributed by atoms with Crippen molar-refractivity contribution in [1.82, 2.24) is 14.5 Å². The Hall–Kier alpha value is -1.36. The van der Waals surface area contributed by atoms with E-state index in [0.29, 0.717) is 12.6 Å². The molecule has 0 saturated heterocycles. The van der Waals surface area contributed by atoms with Crippen molar-refractivity contribution in [3.63, 3.8) is 0 Å². The first-order valence-corrected chi connectivity index (χ1v) is 7.97. The van der Waals surface area contributed by atoms with Crippen LogP contribution in [0.25, 0.3) is 11.4 Å². The Morgan fingerprint density at radius 1 is 1.25 bits per heavy atom. The summed E-state index contributed by atoms with van der Waals surface area (Å²) in [6, 6.07) is 1.90. The first-order valence-electron chi connectivity index (χ1n) is 7.17. The summed E-state index contributed by atoms with van der Waals surface area (Å²) in [4.78, 5) is 8.93. The van der Waals surface area contributed by atoms with Gasteiger partial charge in [-0.2, -0.15) is 0 Å². The van der Waals surface area contributed by atoms with Crippen LogP contribution in [-0.4, -0.2) is 14.5 Å². The number of hydrogen-bond acceptors (Lipinski definition) is 3. The predicted molar refractivity (Wildman–Crippen MR) is 79.6 cm³/mol. The molecule has 3 heterocycles. The standard InChI is InChI=1S/C15H16BrN3O/c16-14-13(10-4-2-1-3-5-10)19-9-20-12-6-7-17-8-11(12)15(19)18-14/h6-8,10H,1-5,9H2. The highest BCUT2D eigenvalue weighted by molar-refractivity contribution is 9.10. The number of rotatable bonds is 1. The van der Waals surface area contributed by atoms with Crippen molar-refractivity contribution in [3.05, 3.63) is 28.8 Å². The van der Waals surface area contributed by atoms with Crippen LogP contribution in [0.2, 0.25) is 0 Å². The molecule has 4 rings (SSSR count). The first-order chi connectivity index (χ1) is 9.84. The molecule has 104 valence electrons. The predicted octanol–water partition coefficient (Wildman–Crippen LogP) is 4.11. The molecule has 2 aromatic heterocycles. The molecule has 1 aliphatic carbocycles. The van der Waals surface area contributed by atoms with Crippen LogP contribution >= 0.6 is 15.9 Å². The van der Waals surface area contributed by atoms with E-state index in [-0.39, 0.29) is 0 Å². The molecule has 0 unspecified atom stereocenters. The van der Waals surface area contributed by atoms with Gasteiger partial charge in [-0.15, -0.1) is 0 Å². The van der Waals surface area contributed by atoms with E-state index in [1.165, 1.54) is 37.8 Å². The third kappa shape index (κ3) is 1.87. The maximum Gasteiger partial charge on any atom is 0.166 e. The second-order valence-corrected chi connectivity index (χ2v) is 6.27. The number of imidazole rings is 1. The van der Waals surface area contributed by atoms with Gasteiger partial charge < -0.3 is 4.74 Å². The highest BCUT2D eigenvalue weighted by atomic mass is 79.9. The number of ether oxygens (including phenoxy) is 1. The molecule has 0 N–H and O–H groups in total.